The zero-order valence-electron chi connectivity index (χ0n) is 24.4. The fourth-order valence-corrected chi connectivity index (χ4v) is 8.90. The minimum Gasteiger partial charge on any atom is -0.356 e. The van der Waals surface area contributed by atoms with Gasteiger partial charge in [0.05, 0.1) is 34.9 Å². The number of hydrogen-bond acceptors (Lipinski definition) is 9. The number of urea groups is 1. The smallest absolute Gasteiger partial charge is 0.315 e. The predicted octanol–water partition coefficient (Wildman–Crippen LogP) is 4.42. The fourth-order valence-electron chi connectivity index (χ4n) is 5.39. The molecule has 2 aromatic heterocycles. The molecular weight excluding hydrogens is 635 g/mol. The van der Waals surface area contributed by atoms with Crippen molar-refractivity contribution in [3.8, 4) is 6.07 Å². The quantitative estimate of drug-likeness (QED) is 0.118. The van der Waals surface area contributed by atoms with Gasteiger partial charge in [-0.25, -0.2) is 9.78 Å². The number of aromatic amines is 1. The number of thiocarbonyl (C=S) groups is 1. The number of thiophene rings is 1. The highest BCUT2D eigenvalue weighted by molar-refractivity contribution is 8.22. The van der Waals surface area contributed by atoms with Gasteiger partial charge in [-0.3, -0.25) is 9.59 Å². The molecule has 4 N–H and O–H groups in total. The van der Waals surface area contributed by atoms with Crippen molar-refractivity contribution in [2.75, 3.05) is 18.8 Å². The lowest BCUT2D eigenvalue weighted by Gasteiger charge is -2.25. The van der Waals surface area contributed by atoms with Crippen LogP contribution < -0.4 is 21.5 Å². The summed E-state index contributed by atoms with van der Waals surface area (Å²) in [6.45, 7) is 3.70. The van der Waals surface area contributed by atoms with Crippen LogP contribution in [0.2, 0.25) is 0 Å². The minimum atomic E-state index is -0.142. The number of nitrogens with one attached hydrogen (secondary N) is 4. The van der Waals surface area contributed by atoms with Crippen molar-refractivity contribution in [1.82, 2.24) is 30.8 Å². The van der Waals surface area contributed by atoms with Crippen LogP contribution >= 0.6 is 47.1 Å². The van der Waals surface area contributed by atoms with Crippen LogP contribution in [0, 0.1) is 18.3 Å². The molecule has 0 unspecified atom stereocenters. The number of aryl methyl sites for hydroxylation is 1. The summed E-state index contributed by atoms with van der Waals surface area (Å²) in [7, 11) is 0. The Labute approximate surface area is 274 Å². The Hall–Kier alpha value is -3.12. The summed E-state index contributed by atoms with van der Waals surface area (Å²) >= 11 is 10.6. The summed E-state index contributed by atoms with van der Waals surface area (Å²) in [5, 5.41) is 19.2. The Bertz CT molecular complexity index is 1600. The number of carbonyl (C=O) groups is 2. The van der Waals surface area contributed by atoms with Crippen molar-refractivity contribution in [2.24, 2.45) is 0 Å². The van der Waals surface area contributed by atoms with Gasteiger partial charge in [0.25, 0.3) is 5.56 Å². The number of aromatic nitrogens is 2. The maximum atomic E-state index is 12.5. The molecule has 232 valence electrons. The average molecular weight is 670 g/mol. The number of H-pyrrole nitrogens is 1. The third-order valence-corrected chi connectivity index (χ3v) is 11.6. The number of hydrogen-bond donors (Lipinski definition) is 4. The molecule has 2 aliphatic rings. The SMILES string of the molecule is Cc1cc2c(=O)[nH]c(CSC(=S)N(CCCNC(=O)CCCC[C@@H]3SC[C@@H]4NC(=O)N[C@@H]43)Cc3ccc(C#N)cc3)nc2s1. The Morgan fingerprint density at radius 3 is 2.84 bits per heavy atom. The molecule has 14 heteroatoms. The minimum absolute atomic E-state index is 0.0441. The van der Waals surface area contributed by atoms with E-state index in [4.69, 9.17) is 17.5 Å². The number of nitrogens with zero attached hydrogens (tertiary/aromatic N) is 3. The first-order chi connectivity index (χ1) is 21.3. The molecule has 5 rings (SSSR count). The second kappa shape index (κ2) is 15.2. The van der Waals surface area contributed by atoms with E-state index in [0.29, 0.717) is 64.6 Å². The number of rotatable bonds is 13. The van der Waals surface area contributed by atoms with E-state index in [-0.39, 0.29) is 29.6 Å². The van der Waals surface area contributed by atoms with Crippen molar-refractivity contribution >= 4 is 73.6 Å². The normalized spacial score (nSPS) is 18.8. The van der Waals surface area contributed by atoms with Crippen LogP contribution in [0.4, 0.5) is 4.79 Å². The first kappa shape index (κ1) is 32.3. The molecule has 4 heterocycles. The molecule has 2 saturated heterocycles. The number of amides is 3. The largest absolute Gasteiger partial charge is 0.356 e. The van der Waals surface area contributed by atoms with Crippen LogP contribution in [0.1, 0.15) is 53.9 Å². The first-order valence-electron chi connectivity index (χ1n) is 14.6. The number of benzene rings is 1. The Morgan fingerprint density at radius 2 is 2.05 bits per heavy atom. The van der Waals surface area contributed by atoms with E-state index in [1.807, 2.05) is 36.9 Å². The summed E-state index contributed by atoms with van der Waals surface area (Å²) in [6, 6.07) is 11.8. The van der Waals surface area contributed by atoms with Crippen LogP contribution in [0.25, 0.3) is 10.2 Å². The van der Waals surface area contributed by atoms with E-state index in [0.717, 1.165) is 40.3 Å². The zero-order valence-corrected chi connectivity index (χ0v) is 27.7. The van der Waals surface area contributed by atoms with Crippen LogP contribution in [0.5, 0.6) is 0 Å². The molecule has 2 aliphatic heterocycles. The lowest BCUT2D eigenvalue weighted by Crippen LogP contribution is -2.36. The molecule has 0 saturated carbocycles. The zero-order chi connectivity index (χ0) is 31.1. The molecule has 0 spiro atoms. The van der Waals surface area contributed by atoms with Gasteiger partial charge in [0, 0.05) is 41.9 Å². The van der Waals surface area contributed by atoms with E-state index >= 15 is 0 Å². The third-order valence-electron chi connectivity index (χ3n) is 7.63. The highest BCUT2D eigenvalue weighted by Gasteiger charge is 2.42. The molecule has 0 aliphatic carbocycles. The first-order valence-corrected chi connectivity index (χ1v) is 17.9. The van der Waals surface area contributed by atoms with Gasteiger partial charge < -0.3 is 25.8 Å². The van der Waals surface area contributed by atoms with Gasteiger partial charge >= 0.3 is 6.03 Å². The van der Waals surface area contributed by atoms with Crippen molar-refractivity contribution in [1.29, 1.82) is 5.26 Å². The van der Waals surface area contributed by atoms with E-state index in [2.05, 4.69) is 36.9 Å². The van der Waals surface area contributed by atoms with E-state index in [9.17, 15) is 14.4 Å². The highest BCUT2D eigenvalue weighted by atomic mass is 32.2. The van der Waals surface area contributed by atoms with Crippen LogP contribution in [-0.4, -0.2) is 67.3 Å². The summed E-state index contributed by atoms with van der Waals surface area (Å²) in [6.07, 6.45) is 3.96. The standard InChI is InChI=1S/C30H35N7O3S4/c1-18-13-21-27(39)34-24(35-28(21)44-18)17-43-30(41)37(15-20-9-7-19(14-31)8-10-20)12-4-11-32-25(38)6-3-2-5-23-26-22(16-42-23)33-29(40)36-26/h7-10,13,22-23,26H,2-6,11-12,15-17H2,1H3,(H,32,38)(H2,33,36,40)(H,34,35,39)/t22-,23-,26-/m0/s1. The molecule has 3 aromatic rings. The molecule has 3 atom stereocenters. The summed E-state index contributed by atoms with van der Waals surface area (Å²) in [5.74, 6) is 2.01. The highest BCUT2D eigenvalue weighted by Crippen LogP contribution is 2.33. The number of nitriles is 1. The number of thioether (sulfide) groups is 2. The van der Waals surface area contributed by atoms with E-state index < -0.39 is 0 Å². The van der Waals surface area contributed by atoms with E-state index in [1.54, 1.807) is 12.1 Å². The molecule has 0 bridgehead atoms. The van der Waals surface area contributed by atoms with Crippen molar-refractivity contribution in [3.05, 3.63) is 62.5 Å². The number of unbranched alkanes of at least 4 members (excludes halogenated alkanes) is 1. The lowest BCUT2D eigenvalue weighted by atomic mass is 10.0. The fraction of sp³-hybridized carbons (Fsp3) is 0.467. The van der Waals surface area contributed by atoms with Gasteiger partial charge in [0.2, 0.25) is 5.91 Å². The van der Waals surface area contributed by atoms with E-state index in [1.165, 1.54) is 23.1 Å². The Kier molecular flexibility index (Phi) is 11.2. The van der Waals surface area contributed by atoms with Gasteiger partial charge in [-0.15, -0.1) is 11.3 Å². The Balaban J connectivity index is 1.07. The molecular formula is C30H35N7O3S4. The van der Waals surface area contributed by atoms with Gasteiger partial charge in [-0.1, -0.05) is 42.5 Å². The van der Waals surface area contributed by atoms with Crippen molar-refractivity contribution in [2.45, 2.75) is 68.7 Å². The van der Waals surface area contributed by atoms with Crippen LogP contribution in [0.15, 0.2) is 35.1 Å². The monoisotopic (exact) mass is 669 g/mol. The lowest BCUT2D eigenvalue weighted by molar-refractivity contribution is -0.121. The molecule has 10 nitrogen and oxygen atoms in total. The maximum Gasteiger partial charge on any atom is 0.315 e. The third kappa shape index (κ3) is 8.53. The van der Waals surface area contributed by atoms with Gasteiger partial charge in [-0.05, 0) is 49.9 Å². The summed E-state index contributed by atoms with van der Waals surface area (Å²) in [5.41, 5.74) is 1.48. The number of carbonyl (C=O) groups excluding carboxylic acids is 2. The van der Waals surface area contributed by atoms with Crippen molar-refractivity contribution < 1.29 is 9.59 Å². The molecule has 3 amide bonds. The average Bonchev–Trinajstić information content (AvgIpc) is 3.69. The van der Waals surface area contributed by atoms with Crippen molar-refractivity contribution in [3.63, 3.8) is 0 Å². The van der Waals surface area contributed by atoms with Gasteiger partial charge in [0.15, 0.2) is 0 Å². The van der Waals surface area contributed by atoms with Crippen LogP contribution in [-0.2, 0) is 17.1 Å². The molecule has 2 fully saturated rings. The van der Waals surface area contributed by atoms with Crippen LogP contribution in [0.3, 0.4) is 0 Å². The summed E-state index contributed by atoms with van der Waals surface area (Å²) in [4.78, 5) is 47.9. The van der Waals surface area contributed by atoms with Gasteiger partial charge in [0.1, 0.15) is 15.0 Å². The molecule has 1 aromatic carbocycles. The topological polar surface area (TPSA) is 143 Å². The molecule has 0 radical (unpaired) electrons. The number of fused-ring (bicyclic) bond motifs is 2. The summed E-state index contributed by atoms with van der Waals surface area (Å²) < 4.78 is 0.673. The Morgan fingerprint density at radius 1 is 1.23 bits per heavy atom. The second-order valence-electron chi connectivity index (χ2n) is 10.9. The second-order valence-corrected chi connectivity index (χ2v) is 15.1. The van der Waals surface area contributed by atoms with Gasteiger partial charge in [-0.2, -0.15) is 17.0 Å². The predicted molar refractivity (Wildman–Crippen MR) is 182 cm³/mol. The maximum absolute atomic E-state index is 12.5. The molecule has 44 heavy (non-hydrogen) atoms.